The number of hydrogen-bond donors (Lipinski definition) is 1. The summed E-state index contributed by atoms with van der Waals surface area (Å²) in [6.07, 6.45) is 2.14. The lowest BCUT2D eigenvalue weighted by Crippen LogP contribution is -2.00. The van der Waals surface area contributed by atoms with Crippen molar-refractivity contribution in [2.45, 2.75) is 40.2 Å². The molecule has 0 radical (unpaired) electrons. The minimum atomic E-state index is -0.853. The molecule has 0 bridgehead atoms. The van der Waals surface area contributed by atoms with Gasteiger partial charge in [-0.2, -0.15) is 0 Å². The predicted molar refractivity (Wildman–Crippen MR) is 73.4 cm³/mol. The van der Waals surface area contributed by atoms with Gasteiger partial charge in [-0.25, -0.2) is 4.79 Å². The summed E-state index contributed by atoms with van der Waals surface area (Å²) in [5.41, 5.74) is 3.56. The number of benzene rings is 1. The minimum Gasteiger partial charge on any atom is -0.478 e. The maximum Gasteiger partial charge on any atom is 0.335 e. The molecule has 2 rings (SSSR count). The minimum absolute atomic E-state index is 0.393. The molecule has 0 atom stereocenters. The highest BCUT2D eigenvalue weighted by Crippen LogP contribution is 2.30. The highest BCUT2D eigenvalue weighted by atomic mass is 16.4. The van der Waals surface area contributed by atoms with Gasteiger partial charge in [0.15, 0.2) is 0 Å². The smallest absolute Gasteiger partial charge is 0.335 e. The maximum absolute atomic E-state index is 11.2. The normalized spacial score (nSPS) is 11.4. The van der Waals surface area contributed by atoms with Crippen molar-refractivity contribution in [2.24, 2.45) is 0 Å². The Hall–Kier alpha value is -1.77. The molecule has 0 saturated carbocycles. The van der Waals surface area contributed by atoms with E-state index in [2.05, 4.69) is 31.5 Å². The zero-order valence-corrected chi connectivity index (χ0v) is 11.3. The molecule has 96 valence electrons. The van der Waals surface area contributed by atoms with Crippen LogP contribution in [0.5, 0.6) is 0 Å². The average Bonchev–Trinajstić information content (AvgIpc) is 2.65. The van der Waals surface area contributed by atoms with Crippen molar-refractivity contribution in [3.63, 3.8) is 0 Å². The van der Waals surface area contributed by atoms with Gasteiger partial charge < -0.3 is 9.67 Å². The van der Waals surface area contributed by atoms with Gasteiger partial charge in [-0.15, -0.1) is 0 Å². The summed E-state index contributed by atoms with van der Waals surface area (Å²) < 4.78 is 2.18. The fraction of sp³-hybridized carbons (Fsp3) is 0.400. The lowest BCUT2D eigenvalue weighted by atomic mass is 9.99. The average molecular weight is 245 g/mol. The number of carbonyl (C=O) groups is 1. The van der Waals surface area contributed by atoms with Crippen LogP contribution >= 0.6 is 0 Å². The first-order valence-corrected chi connectivity index (χ1v) is 6.32. The summed E-state index contributed by atoms with van der Waals surface area (Å²) in [6, 6.07) is 3.79. The van der Waals surface area contributed by atoms with E-state index >= 15 is 0 Å². The molecular formula is C15H19NO2. The SMILES string of the molecule is CCn1cc(C(C)C)c2cc(C(=O)O)c(C)cc21. The van der Waals surface area contributed by atoms with Gasteiger partial charge in [0.2, 0.25) is 0 Å². The van der Waals surface area contributed by atoms with E-state index in [-0.39, 0.29) is 0 Å². The number of fused-ring (bicyclic) bond motifs is 1. The molecule has 1 N–H and O–H groups in total. The Morgan fingerprint density at radius 3 is 2.56 bits per heavy atom. The Kier molecular flexibility index (Phi) is 3.16. The Morgan fingerprint density at radius 1 is 1.39 bits per heavy atom. The molecule has 18 heavy (non-hydrogen) atoms. The van der Waals surface area contributed by atoms with Crippen molar-refractivity contribution < 1.29 is 9.90 Å². The molecule has 0 aliphatic carbocycles. The largest absolute Gasteiger partial charge is 0.478 e. The fourth-order valence-corrected chi connectivity index (χ4v) is 2.42. The Morgan fingerprint density at radius 2 is 2.06 bits per heavy atom. The van der Waals surface area contributed by atoms with E-state index in [1.54, 1.807) is 0 Å². The van der Waals surface area contributed by atoms with Crippen molar-refractivity contribution in [1.29, 1.82) is 0 Å². The monoisotopic (exact) mass is 245 g/mol. The quantitative estimate of drug-likeness (QED) is 0.893. The molecule has 3 nitrogen and oxygen atoms in total. The summed E-state index contributed by atoms with van der Waals surface area (Å²) in [5.74, 6) is -0.460. The lowest BCUT2D eigenvalue weighted by molar-refractivity contribution is 0.0696. The van der Waals surface area contributed by atoms with Gasteiger partial charge in [-0.05, 0) is 43.0 Å². The fourth-order valence-electron chi connectivity index (χ4n) is 2.42. The van der Waals surface area contributed by atoms with E-state index in [1.807, 2.05) is 19.1 Å². The second kappa shape index (κ2) is 4.48. The Balaban J connectivity index is 2.81. The molecule has 0 fully saturated rings. The first-order chi connectivity index (χ1) is 8.45. The molecule has 1 heterocycles. The predicted octanol–water partition coefficient (Wildman–Crippen LogP) is 3.79. The number of rotatable bonds is 3. The third kappa shape index (κ3) is 1.90. The molecule has 2 aromatic rings. The van der Waals surface area contributed by atoms with Crippen molar-refractivity contribution >= 4 is 16.9 Å². The first kappa shape index (κ1) is 12.7. The molecule has 0 aliphatic heterocycles. The van der Waals surface area contributed by atoms with E-state index in [9.17, 15) is 9.90 Å². The van der Waals surface area contributed by atoms with Gasteiger partial charge in [-0.1, -0.05) is 13.8 Å². The molecule has 0 spiro atoms. The number of aryl methyl sites for hydroxylation is 2. The number of aromatic carboxylic acids is 1. The summed E-state index contributed by atoms with van der Waals surface area (Å²) >= 11 is 0. The number of carboxylic acid groups (broad SMARTS) is 1. The molecule has 0 amide bonds. The highest BCUT2D eigenvalue weighted by molar-refractivity contribution is 5.96. The molecular weight excluding hydrogens is 226 g/mol. The van der Waals surface area contributed by atoms with Crippen molar-refractivity contribution in [3.8, 4) is 0 Å². The molecule has 0 saturated heterocycles. The van der Waals surface area contributed by atoms with E-state index in [4.69, 9.17) is 0 Å². The van der Waals surface area contributed by atoms with Gasteiger partial charge in [-0.3, -0.25) is 0 Å². The van der Waals surface area contributed by atoms with E-state index in [1.165, 1.54) is 5.56 Å². The number of hydrogen-bond acceptors (Lipinski definition) is 1. The van der Waals surface area contributed by atoms with Crippen LogP contribution in [0.3, 0.4) is 0 Å². The van der Waals surface area contributed by atoms with Crippen LogP contribution in [-0.2, 0) is 6.54 Å². The van der Waals surface area contributed by atoms with Gasteiger partial charge in [0.1, 0.15) is 0 Å². The topological polar surface area (TPSA) is 42.2 Å². The van der Waals surface area contributed by atoms with Crippen LogP contribution in [0.1, 0.15) is 48.2 Å². The third-order valence-electron chi connectivity index (χ3n) is 3.45. The summed E-state index contributed by atoms with van der Waals surface area (Å²) in [5, 5.41) is 10.3. The molecule has 3 heteroatoms. The van der Waals surface area contributed by atoms with Crippen molar-refractivity contribution in [2.75, 3.05) is 0 Å². The van der Waals surface area contributed by atoms with Crippen LogP contribution in [0.4, 0.5) is 0 Å². The van der Waals surface area contributed by atoms with Gasteiger partial charge in [0.25, 0.3) is 0 Å². The highest BCUT2D eigenvalue weighted by Gasteiger charge is 2.15. The van der Waals surface area contributed by atoms with Crippen LogP contribution in [0.2, 0.25) is 0 Å². The number of carboxylic acids is 1. The van der Waals surface area contributed by atoms with Crippen LogP contribution < -0.4 is 0 Å². The molecule has 1 aromatic heterocycles. The van der Waals surface area contributed by atoms with E-state index in [0.717, 1.165) is 23.0 Å². The van der Waals surface area contributed by atoms with Crippen LogP contribution in [-0.4, -0.2) is 15.6 Å². The number of nitrogens with zero attached hydrogens (tertiary/aromatic N) is 1. The van der Waals surface area contributed by atoms with Crippen molar-refractivity contribution in [3.05, 3.63) is 35.0 Å². The van der Waals surface area contributed by atoms with Crippen LogP contribution in [0, 0.1) is 6.92 Å². The summed E-state index contributed by atoms with van der Waals surface area (Å²) in [4.78, 5) is 11.2. The zero-order valence-electron chi connectivity index (χ0n) is 11.3. The second-order valence-corrected chi connectivity index (χ2v) is 5.01. The van der Waals surface area contributed by atoms with Crippen LogP contribution in [0.15, 0.2) is 18.3 Å². The summed E-state index contributed by atoms with van der Waals surface area (Å²) in [6.45, 7) is 9.12. The zero-order chi connectivity index (χ0) is 13.4. The van der Waals surface area contributed by atoms with Crippen molar-refractivity contribution in [1.82, 2.24) is 4.57 Å². The second-order valence-electron chi connectivity index (χ2n) is 5.01. The van der Waals surface area contributed by atoms with Gasteiger partial charge in [0.05, 0.1) is 5.56 Å². The molecule has 1 aromatic carbocycles. The van der Waals surface area contributed by atoms with E-state index < -0.39 is 5.97 Å². The standard InChI is InChI=1S/C15H19NO2/c1-5-16-8-13(9(2)3)12-7-11(15(17)18)10(4)6-14(12)16/h6-9H,5H2,1-4H3,(H,17,18). The van der Waals surface area contributed by atoms with Crippen LogP contribution in [0.25, 0.3) is 10.9 Å². The maximum atomic E-state index is 11.2. The molecule has 0 aliphatic rings. The first-order valence-electron chi connectivity index (χ1n) is 6.32. The Labute approximate surface area is 107 Å². The van der Waals surface area contributed by atoms with Gasteiger partial charge >= 0.3 is 5.97 Å². The van der Waals surface area contributed by atoms with Gasteiger partial charge in [0, 0.05) is 23.6 Å². The lowest BCUT2D eigenvalue weighted by Gasteiger charge is -2.06. The molecule has 0 unspecified atom stereocenters. The third-order valence-corrected chi connectivity index (χ3v) is 3.45. The number of aromatic nitrogens is 1. The van der Waals surface area contributed by atoms with E-state index in [0.29, 0.717) is 11.5 Å². The summed E-state index contributed by atoms with van der Waals surface area (Å²) in [7, 11) is 0. The Bertz CT molecular complexity index is 608.